The Morgan fingerprint density at radius 1 is 1.11 bits per heavy atom. The van der Waals surface area contributed by atoms with Crippen molar-refractivity contribution >= 4 is 5.97 Å². The van der Waals surface area contributed by atoms with E-state index in [0.717, 1.165) is 12.8 Å². The second kappa shape index (κ2) is 9.37. The van der Waals surface area contributed by atoms with Gasteiger partial charge in [0.25, 0.3) is 0 Å². The fourth-order valence-corrected chi connectivity index (χ4v) is 1.66. The molecule has 1 unspecified atom stereocenters. The van der Waals surface area contributed by atoms with E-state index in [4.69, 9.17) is 10.5 Å². The maximum Gasteiger partial charge on any atom is 0.306 e. The van der Waals surface area contributed by atoms with Crippen molar-refractivity contribution < 1.29 is 9.53 Å². The molecule has 0 spiro atoms. The van der Waals surface area contributed by atoms with Crippen LogP contribution in [0.4, 0.5) is 0 Å². The van der Waals surface area contributed by atoms with E-state index < -0.39 is 5.60 Å². The minimum absolute atomic E-state index is 0.120. The fourth-order valence-electron chi connectivity index (χ4n) is 1.66. The van der Waals surface area contributed by atoms with Crippen molar-refractivity contribution in [1.82, 2.24) is 0 Å². The zero-order valence-electron chi connectivity index (χ0n) is 12.6. The van der Waals surface area contributed by atoms with Crippen molar-refractivity contribution in [2.24, 2.45) is 5.73 Å². The molecule has 3 nitrogen and oxygen atoms in total. The first kappa shape index (κ1) is 17.4. The summed E-state index contributed by atoms with van der Waals surface area (Å²) >= 11 is 0. The number of carbonyl (C=O) groups excluding carboxylic acids is 1. The highest BCUT2D eigenvalue weighted by molar-refractivity contribution is 5.69. The Labute approximate surface area is 112 Å². The molecular formula is C15H31NO2. The number of hydrogen-bond acceptors (Lipinski definition) is 3. The Balaban J connectivity index is 3.54. The third-order valence-corrected chi connectivity index (χ3v) is 3.46. The first-order valence-electron chi connectivity index (χ1n) is 7.37. The van der Waals surface area contributed by atoms with Gasteiger partial charge in [-0.2, -0.15) is 0 Å². The lowest BCUT2D eigenvalue weighted by Gasteiger charge is -2.28. The molecule has 0 aliphatic rings. The number of carbonyl (C=O) groups is 1. The molecule has 0 aliphatic heterocycles. The van der Waals surface area contributed by atoms with Crippen LogP contribution in [0.1, 0.15) is 79.1 Å². The summed E-state index contributed by atoms with van der Waals surface area (Å²) in [5.41, 5.74) is 5.21. The van der Waals surface area contributed by atoms with Gasteiger partial charge in [0.05, 0.1) is 0 Å². The molecule has 0 heterocycles. The lowest BCUT2D eigenvalue weighted by atomic mass is 10.0. The Kier molecular flexibility index (Phi) is 9.08. The van der Waals surface area contributed by atoms with Gasteiger partial charge in [-0.3, -0.25) is 4.79 Å². The number of hydrogen-bond donors (Lipinski definition) is 1. The highest BCUT2D eigenvalue weighted by Gasteiger charge is 2.26. The third-order valence-electron chi connectivity index (χ3n) is 3.46. The van der Waals surface area contributed by atoms with Crippen molar-refractivity contribution in [2.45, 2.75) is 90.7 Å². The second-order valence-corrected chi connectivity index (χ2v) is 5.74. The topological polar surface area (TPSA) is 52.3 Å². The van der Waals surface area contributed by atoms with Gasteiger partial charge >= 0.3 is 5.97 Å². The van der Waals surface area contributed by atoms with Gasteiger partial charge in [-0.25, -0.2) is 0 Å². The average molecular weight is 257 g/mol. The molecule has 0 amide bonds. The van der Waals surface area contributed by atoms with Gasteiger partial charge in [0.2, 0.25) is 0 Å². The van der Waals surface area contributed by atoms with Gasteiger partial charge < -0.3 is 10.5 Å². The van der Waals surface area contributed by atoms with Crippen molar-refractivity contribution in [3.63, 3.8) is 0 Å². The third kappa shape index (κ3) is 8.51. The molecule has 108 valence electrons. The molecule has 0 aromatic carbocycles. The maximum absolute atomic E-state index is 11.6. The Morgan fingerprint density at radius 3 is 2.11 bits per heavy atom. The molecule has 0 bridgehead atoms. The molecule has 0 rings (SSSR count). The van der Waals surface area contributed by atoms with Crippen LogP contribution in [0, 0.1) is 0 Å². The van der Waals surface area contributed by atoms with Crippen molar-refractivity contribution in [3.8, 4) is 0 Å². The summed E-state index contributed by atoms with van der Waals surface area (Å²) in [7, 11) is 0. The highest BCUT2D eigenvalue weighted by Crippen LogP contribution is 2.15. The summed E-state index contributed by atoms with van der Waals surface area (Å²) in [4.78, 5) is 11.6. The molecule has 18 heavy (non-hydrogen) atoms. The van der Waals surface area contributed by atoms with Gasteiger partial charge in [-0.05, 0) is 27.2 Å². The summed E-state index contributed by atoms with van der Waals surface area (Å²) in [6.45, 7) is 7.80. The normalized spacial score (nSPS) is 13.4. The summed E-state index contributed by atoms with van der Waals surface area (Å²) in [5, 5.41) is 0. The standard InChI is InChI=1S/C15H31NO2/c1-5-6-7-8-9-10-11-12-14(17)18-15(3,4)13(2)16/h13H,5-12,16H2,1-4H3. The minimum Gasteiger partial charge on any atom is -0.458 e. The van der Waals surface area contributed by atoms with Crippen LogP contribution >= 0.6 is 0 Å². The molecular weight excluding hydrogens is 226 g/mol. The second-order valence-electron chi connectivity index (χ2n) is 5.74. The van der Waals surface area contributed by atoms with Gasteiger partial charge in [-0.15, -0.1) is 0 Å². The molecule has 0 fully saturated rings. The van der Waals surface area contributed by atoms with Crippen LogP contribution in [0.15, 0.2) is 0 Å². The SMILES string of the molecule is CCCCCCCCCC(=O)OC(C)(C)C(C)N. The highest BCUT2D eigenvalue weighted by atomic mass is 16.6. The van der Waals surface area contributed by atoms with Gasteiger partial charge in [0.1, 0.15) is 5.60 Å². The predicted octanol–water partition coefficient (Wildman–Crippen LogP) is 3.80. The van der Waals surface area contributed by atoms with Crippen molar-refractivity contribution in [3.05, 3.63) is 0 Å². The van der Waals surface area contributed by atoms with E-state index in [1.165, 1.54) is 32.1 Å². The van der Waals surface area contributed by atoms with Gasteiger partial charge in [0.15, 0.2) is 0 Å². The first-order chi connectivity index (χ1) is 8.40. The lowest BCUT2D eigenvalue weighted by molar-refractivity contribution is -0.158. The summed E-state index contributed by atoms with van der Waals surface area (Å²) < 4.78 is 5.38. The average Bonchev–Trinajstić information content (AvgIpc) is 2.27. The Morgan fingerprint density at radius 2 is 1.61 bits per heavy atom. The van der Waals surface area contributed by atoms with E-state index in [-0.39, 0.29) is 12.0 Å². The summed E-state index contributed by atoms with van der Waals surface area (Å²) in [6.07, 6.45) is 9.00. The van der Waals surface area contributed by atoms with Crippen LogP contribution in [0.25, 0.3) is 0 Å². The van der Waals surface area contributed by atoms with Gasteiger partial charge in [-0.1, -0.05) is 45.4 Å². The number of esters is 1. The number of ether oxygens (including phenoxy) is 1. The van der Waals surface area contributed by atoms with Crippen LogP contribution in [-0.2, 0) is 9.53 Å². The largest absolute Gasteiger partial charge is 0.458 e. The van der Waals surface area contributed by atoms with E-state index >= 15 is 0 Å². The molecule has 1 atom stereocenters. The minimum atomic E-state index is -0.557. The van der Waals surface area contributed by atoms with Crippen molar-refractivity contribution in [1.29, 1.82) is 0 Å². The lowest BCUT2D eigenvalue weighted by Crippen LogP contribution is -2.44. The molecule has 0 aromatic rings. The first-order valence-corrected chi connectivity index (χ1v) is 7.37. The van der Waals surface area contributed by atoms with Crippen LogP contribution < -0.4 is 5.73 Å². The number of rotatable bonds is 10. The maximum atomic E-state index is 11.6. The Bertz CT molecular complexity index is 225. The molecule has 0 saturated carbocycles. The predicted molar refractivity (Wildman–Crippen MR) is 76.4 cm³/mol. The van der Waals surface area contributed by atoms with E-state index in [9.17, 15) is 4.79 Å². The van der Waals surface area contributed by atoms with Crippen molar-refractivity contribution in [2.75, 3.05) is 0 Å². The van der Waals surface area contributed by atoms with E-state index in [0.29, 0.717) is 6.42 Å². The summed E-state index contributed by atoms with van der Waals surface area (Å²) in [6, 6.07) is -0.143. The zero-order valence-corrected chi connectivity index (χ0v) is 12.6. The summed E-state index contributed by atoms with van der Waals surface area (Å²) in [5.74, 6) is -0.120. The smallest absolute Gasteiger partial charge is 0.306 e. The quantitative estimate of drug-likeness (QED) is 0.478. The van der Waals surface area contributed by atoms with Crippen LogP contribution in [-0.4, -0.2) is 17.6 Å². The zero-order chi connectivity index (χ0) is 14.0. The molecule has 0 aliphatic carbocycles. The molecule has 0 aromatic heterocycles. The molecule has 0 radical (unpaired) electrons. The fraction of sp³-hybridized carbons (Fsp3) is 0.933. The van der Waals surface area contributed by atoms with E-state index in [1.54, 1.807) is 0 Å². The monoisotopic (exact) mass is 257 g/mol. The van der Waals surface area contributed by atoms with Crippen LogP contribution in [0.2, 0.25) is 0 Å². The molecule has 2 N–H and O–H groups in total. The van der Waals surface area contributed by atoms with E-state index in [1.807, 2.05) is 20.8 Å². The molecule has 3 heteroatoms. The van der Waals surface area contributed by atoms with Gasteiger partial charge in [0, 0.05) is 12.5 Å². The van der Waals surface area contributed by atoms with E-state index in [2.05, 4.69) is 6.92 Å². The number of unbranched alkanes of at least 4 members (excludes halogenated alkanes) is 6. The molecule has 0 saturated heterocycles. The van der Waals surface area contributed by atoms with Crippen LogP contribution in [0.5, 0.6) is 0 Å². The van der Waals surface area contributed by atoms with Crippen LogP contribution in [0.3, 0.4) is 0 Å². The Hall–Kier alpha value is -0.570. The number of nitrogens with two attached hydrogens (primary N) is 1.